The molecule has 2 unspecified atom stereocenters. The van der Waals surface area contributed by atoms with Gasteiger partial charge in [-0.3, -0.25) is 4.90 Å². The molecule has 1 aromatic rings. The van der Waals surface area contributed by atoms with E-state index >= 15 is 0 Å². The molecule has 5 heteroatoms. The van der Waals surface area contributed by atoms with Crippen LogP contribution in [0.15, 0.2) is 12.1 Å². The number of nitrogens with one attached hydrogen (secondary N) is 1. The van der Waals surface area contributed by atoms with Gasteiger partial charge in [0.15, 0.2) is 17.5 Å². The van der Waals surface area contributed by atoms with Gasteiger partial charge in [0.05, 0.1) is 0 Å². The van der Waals surface area contributed by atoms with Gasteiger partial charge in [0.2, 0.25) is 0 Å². The van der Waals surface area contributed by atoms with Gasteiger partial charge in [0.25, 0.3) is 0 Å². The number of rotatable bonds is 4. The summed E-state index contributed by atoms with van der Waals surface area (Å²) < 4.78 is 39.9. The van der Waals surface area contributed by atoms with Gasteiger partial charge in [-0.2, -0.15) is 0 Å². The van der Waals surface area contributed by atoms with Crippen LogP contribution in [0.25, 0.3) is 0 Å². The summed E-state index contributed by atoms with van der Waals surface area (Å²) in [4.78, 5) is 2.09. The lowest BCUT2D eigenvalue weighted by atomic mass is 9.93. The fourth-order valence-electron chi connectivity index (χ4n) is 3.12. The van der Waals surface area contributed by atoms with Gasteiger partial charge in [-0.05, 0) is 56.5 Å². The van der Waals surface area contributed by atoms with E-state index < -0.39 is 17.5 Å². The summed E-state index contributed by atoms with van der Waals surface area (Å²) in [5.74, 6) is -3.28. The summed E-state index contributed by atoms with van der Waals surface area (Å²) in [6.45, 7) is 1.74. The fourth-order valence-corrected chi connectivity index (χ4v) is 3.12. The van der Waals surface area contributed by atoms with Crippen LogP contribution in [0.3, 0.4) is 0 Å². The van der Waals surface area contributed by atoms with Crippen molar-refractivity contribution in [1.82, 2.24) is 10.2 Å². The van der Waals surface area contributed by atoms with Crippen LogP contribution in [0, 0.1) is 23.4 Å². The van der Waals surface area contributed by atoms with E-state index in [0.717, 1.165) is 31.6 Å². The van der Waals surface area contributed by atoms with Crippen molar-refractivity contribution in [3.8, 4) is 0 Å². The van der Waals surface area contributed by atoms with E-state index in [1.807, 2.05) is 7.05 Å². The highest BCUT2D eigenvalue weighted by molar-refractivity contribution is 5.24. The largest absolute Gasteiger partial charge is 0.314 e. The molecular formula is C15H19F3N2. The zero-order valence-corrected chi connectivity index (χ0v) is 11.5. The van der Waals surface area contributed by atoms with E-state index in [1.54, 1.807) is 0 Å². The van der Waals surface area contributed by atoms with Gasteiger partial charge in [-0.15, -0.1) is 0 Å². The smallest absolute Gasteiger partial charge is 0.194 e. The second kappa shape index (κ2) is 5.37. The molecule has 1 aromatic carbocycles. The zero-order chi connectivity index (χ0) is 14.3. The van der Waals surface area contributed by atoms with Gasteiger partial charge >= 0.3 is 0 Å². The maximum atomic E-state index is 13.4. The van der Waals surface area contributed by atoms with Crippen molar-refractivity contribution in [2.24, 2.45) is 5.92 Å². The van der Waals surface area contributed by atoms with Crippen molar-refractivity contribution in [2.75, 3.05) is 20.1 Å². The van der Waals surface area contributed by atoms with Crippen LogP contribution in [0.2, 0.25) is 0 Å². The molecule has 2 aliphatic rings. The van der Waals surface area contributed by atoms with E-state index in [9.17, 15) is 13.2 Å². The highest BCUT2D eigenvalue weighted by Gasteiger charge is 2.35. The molecule has 1 N–H and O–H groups in total. The molecule has 1 aliphatic heterocycles. The van der Waals surface area contributed by atoms with Crippen LogP contribution in [0.1, 0.15) is 30.9 Å². The summed E-state index contributed by atoms with van der Waals surface area (Å²) in [6.07, 6.45) is 3.42. The zero-order valence-electron chi connectivity index (χ0n) is 11.5. The maximum Gasteiger partial charge on any atom is 0.194 e. The third-order valence-electron chi connectivity index (χ3n) is 4.37. The van der Waals surface area contributed by atoms with Crippen LogP contribution < -0.4 is 5.32 Å². The van der Waals surface area contributed by atoms with Crippen LogP contribution in [0.5, 0.6) is 0 Å². The Labute approximate surface area is 117 Å². The molecule has 110 valence electrons. The summed E-state index contributed by atoms with van der Waals surface area (Å²) in [7, 11) is 1.95. The molecule has 3 rings (SSSR count). The normalized spacial score (nSPS) is 27.2. The molecule has 1 saturated carbocycles. The highest BCUT2D eigenvalue weighted by Crippen LogP contribution is 2.37. The lowest BCUT2D eigenvalue weighted by Crippen LogP contribution is -2.29. The number of halogens is 3. The molecule has 1 heterocycles. The minimum atomic E-state index is -1.39. The molecule has 0 aromatic heterocycles. The van der Waals surface area contributed by atoms with Gasteiger partial charge in [0.1, 0.15) is 0 Å². The first-order chi connectivity index (χ1) is 9.56. The van der Waals surface area contributed by atoms with Gasteiger partial charge in [-0.1, -0.05) is 0 Å². The molecule has 1 saturated heterocycles. The summed E-state index contributed by atoms with van der Waals surface area (Å²) in [6, 6.07) is 2.83. The number of benzene rings is 1. The Balaban J connectivity index is 1.81. The van der Waals surface area contributed by atoms with Gasteiger partial charge in [-0.25, -0.2) is 13.2 Å². The average molecular weight is 284 g/mol. The van der Waals surface area contributed by atoms with Crippen molar-refractivity contribution >= 4 is 0 Å². The molecule has 2 fully saturated rings. The van der Waals surface area contributed by atoms with Gasteiger partial charge in [0, 0.05) is 18.6 Å². The van der Waals surface area contributed by atoms with Crippen LogP contribution in [-0.4, -0.2) is 31.1 Å². The van der Waals surface area contributed by atoms with E-state index in [1.165, 1.54) is 12.8 Å². The van der Waals surface area contributed by atoms with E-state index in [2.05, 4.69) is 10.2 Å². The molecular weight excluding hydrogens is 265 g/mol. The highest BCUT2D eigenvalue weighted by atomic mass is 19.2. The SMILES string of the molecule is CN1CCC(CNC2CC2)C1c1cc(F)c(F)c(F)c1. The number of hydrogen-bond acceptors (Lipinski definition) is 2. The first-order valence-corrected chi connectivity index (χ1v) is 7.14. The summed E-state index contributed by atoms with van der Waals surface area (Å²) >= 11 is 0. The molecule has 0 amide bonds. The van der Waals surface area contributed by atoms with E-state index in [0.29, 0.717) is 17.5 Å². The minimum Gasteiger partial charge on any atom is -0.314 e. The minimum absolute atomic E-state index is 0.0501. The molecule has 0 bridgehead atoms. The van der Waals surface area contributed by atoms with Crippen LogP contribution in [-0.2, 0) is 0 Å². The predicted octanol–water partition coefficient (Wildman–Crippen LogP) is 2.85. The standard InChI is InChI=1S/C15H19F3N2/c1-20-5-4-9(8-19-11-2-3-11)15(20)10-6-12(16)14(18)13(17)7-10/h6-7,9,11,15,19H,2-5,8H2,1H3. The lowest BCUT2D eigenvalue weighted by Gasteiger charge is -2.26. The Morgan fingerprint density at radius 3 is 2.40 bits per heavy atom. The Morgan fingerprint density at radius 1 is 1.15 bits per heavy atom. The second-order valence-corrected chi connectivity index (χ2v) is 5.96. The van der Waals surface area contributed by atoms with Crippen molar-refractivity contribution in [3.63, 3.8) is 0 Å². The Morgan fingerprint density at radius 2 is 1.80 bits per heavy atom. The number of hydrogen-bond donors (Lipinski definition) is 1. The van der Waals surface area contributed by atoms with E-state index in [4.69, 9.17) is 0 Å². The Hall–Kier alpha value is -1.07. The summed E-state index contributed by atoms with van der Waals surface area (Å²) in [5.41, 5.74) is 0.531. The quantitative estimate of drug-likeness (QED) is 0.855. The molecule has 0 radical (unpaired) electrons. The predicted molar refractivity (Wildman–Crippen MR) is 70.8 cm³/mol. The summed E-state index contributed by atoms with van der Waals surface area (Å²) in [5, 5.41) is 3.47. The van der Waals surface area contributed by atoms with Crippen molar-refractivity contribution < 1.29 is 13.2 Å². The molecule has 2 atom stereocenters. The Bertz CT molecular complexity index is 479. The molecule has 0 spiro atoms. The monoisotopic (exact) mass is 284 g/mol. The lowest BCUT2D eigenvalue weighted by molar-refractivity contribution is 0.269. The first-order valence-electron chi connectivity index (χ1n) is 7.14. The van der Waals surface area contributed by atoms with Gasteiger partial charge < -0.3 is 5.32 Å². The third-order valence-corrected chi connectivity index (χ3v) is 4.37. The van der Waals surface area contributed by atoms with Crippen LogP contribution in [0.4, 0.5) is 13.2 Å². The second-order valence-electron chi connectivity index (χ2n) is 5.96. The average Bonchev–Trinajstić information content (AvgIpc) is 3.16. The maximum absolute atomic E-state index is 13.4. The number of nitrogens with zero attached hydrogens (tertiary/aromatic N) is 1. The van der Waals surface area contributed by atoms with E-state index in [-0.39, 0.29) is 6.04 Å². The molecule has 20 heavy (non-hydrogen) atoms. The fraction of sp³-hybridized carbons (Fsp3) is 0.600. The van der Waals surface area contributed by atoms with Crippen LogP contribution >= 0.6 is 0 Å². The van der Waals surface area contributed by atoms with Crippen molar-refractivity contribution in [3.05, 3.63) is 35.1 Å². The molecule has 1 aliphatic carbocycles. The topological polar surface area (TPSA) is 15.3 Å². The number of likely N-dealkylation sites (tertiary alicyclic amines) is 1. The van der Waals surface area contributed by atoms with Crippen molar-refractivity contribution in [2.45, 2.75) is 31.3 Å². The van der Waals surface area contributed by atoms with Crippen molar-refractivity contribution in [1.29, 1.82) is 0 Å². The molecule has 2 nitrogen and oxygen atoms in total. The Kier molecular flexibility index (Phi) is 3.73. The first kappa shape index (κ1) is 13.9. The third kappa shape index (κ3) is 2.69.